The largest absolute Gasteiger partial charge is 0.417 e. The van der Waals surface area contributed by atoms with Gasteiger partial charge in [-0.2, -0.15) is 13.2 Å². The van der Waals surface area contributed by atoms with E-state index >= 15 is 0 Å². The number of halogens is 4. The summed E-state index contributed by atoms with van der Waals surface area (Å²) in [6.45, 7) is 0.561. The molecule has 0 saturated carbocycles. The lowest BCUT2D eigenvalue weighted by Crippen LogP contribution is -2.07. The van der Waals surface area contributed by atoms with Gasteiger partial charge in [-0.1, -0.05) is 11.6 Å². The number of pyridine rings is 1. The van der Waals surface area contributed by atoms with Crippen molar-refractivity contribution in [3.63, 3.8) is 0 Å². The Hall–Kier alpha value is -1.58. The van der Waals surface area contributed by atoms with E-state index in [2.05, 4.69) is 20.3 Å². The standard InChI is InChI=1S/C14H10ClF3N4S2/c15-10-5-8(14(16,17)18)6-20-13(10)24-4-2-19-11-9-1-3-23-12(9)22-7-21-11/h1,3,5-7H,2,4H2,(H,19,21,22). The van der Waals surface area contributed by atoms with E-state index in [-0.39, 0.29) is 5.02 Å². The molecule has 0 aliphatic rings. The van der Waals surface area contributed by atoms with Gasteiger partial charge < -0.3 is 5.32 Å². The number of nitrogens with zero attached hydrogens (tertiary/aromatic N) is 3. The molecule has 3 heterocycles. The number of thioether (sulfide) groups is 1. The maximum absolute atomic E-state index is 12.6. The Kier molecular flexibility index (Phi) is 5.12. The summed E-state index contributed by atoms with van der Waals surface area (Å²) in [6.07, 6.45) is -2.16. The van der Waals surface area contributed by atoms with Gasteiger partial charge in [0.05, 0.1) is 16.0 Å². The zero-order chi connectivity index (χ0) is 17.2. The van der Waals surface area contributed by atoms with Crippen LogP contribution in [0.15, 0.2) is 35.1 Å². The minimum Gasteiger partial charge on any atom is -0.369 e. The van der Waals surface area contributed by atoms with Crippen molar-refractivity contribution in [2.45, 2.75) is 11.2 Å². The molecular formula is C14H10ClF3N4S2. The van der Waals surface area contributed by atoms with E-state index in [4.69, 9.17) is 11.6 Å². The summed E-state index contributed by atoms with van der Waals surface area (Å²) < 4.78 is 37.7. The van der Waals surface area contributed by atoms with Gasteiger partial charge in [-0.05, 0) is 17.5 Å². The second-order valence-electron chi connectivity index (χ2n) is 4.65. The van der Waals surface area contributed by atoms with E-state index in [0.717, 1.165) is 28.3 Å². The van der Waals surface area contributed by atoms with Crippen molar-refractivity contribution in [3.8, 4) is 0 Å². The van der Waals surface area contributed by atoms with Crippen LogP contribution in [0.4, 0.5) is 19.0 Å². The zero-order valence-electron chi connectivity index (χ0n) is 12.0. The smallest absolute Gasteiger partial charge is 0.369 e. The first-order valence-corrected chi connectivity index (χ1v) is 8.97. The van der Waals surface area contributed by atoms with Crippen LogP contribution in [-0.4, -0.2) is 27.2 Å². The first kappa shape index (κ1) is 17.2. The van der Waals surface area contributed by atoms with Crippen LogP contribution in [0.1, 0.15) is 5.56 Å². The predicted molar refractivity (Wildman–Crippen MR) is 90.9 cm³/mol. The molecule has 0 amide bonds. The maximum atomic E-state index is 12.6. The number of anilines is 1. The quantitative estimate of drug-likeness (QED) is 0.492. The molecule has 0 saturated heterocycles. The van der Waals surface area contributed by atoms with Crippen LogP contribution in [0, 0.1) is 0 Å². The van der Waals surface area contributed by atoms with Gasteiger partial charge in [0.15, 0.2) is 0 Å². The molecule has 0 aliphatic heterocycles. The Balaban J connectivity index is 1.58. The molecule has 0 spiro atoms. The second-order valence-corrected chi connectivity index (χ2v) is 7.03. The van der Waals surface area contributed by atoms with Crippen molar-refractivity contribution in [2.24, 2.45) is 0 Å². The van der Waals surface area contributed by atoms with Crippen molar-refractivity contribution < 1.29 is 13.2 Å². The minimum atomic E-state index is -4.44. The zero-order valence-corrected chi connectivity index (χ0v) is 14.4. The fourth-order valence-corrected chi connectivity index (χ4v) is 3.72. The highest BCUT2D eigenvalue weighted by Crippen LogP contribution is 2.33. The number of alkyl halides is 3. The Bertz CT molecular complexity index is 853. The molecule has 0 fully saturated rings. The van der Waals surface area contributed by atoms with Crippen molar-refractivity contribution in [2.75, 3.05) is 17.6 Å². The molecule has 1 N–H and O–H groups in total. The number of fused-ring (bicyclic) bond motifs is 1. The normalized spacial score (nSPS) is 11.8. The topological polar surface area (TPSA) is 50.7 Å². The first-order chi connectivity index (χ1) is 11.4. The summed E-state index contributed by atoms with van der Waals surface area (Å²) in [7, 11) is 0. The van der Waals surface area contributed by atoms with Crippen LogP contribution in [0.25, 0.3) is 10.2 Å². The van der Waals surface area contributed by atoms with E-state index in [1.54, 1.807) is 0 Å². The highest BCUT2D eigenvalue weighted by atomic mass is 35.5. The van der Waals surface area contributed by atoms with Crippen LogP contribution >= 0.6 is 34.7 Å². The molecular weight excluding hydrogens is 381 g/mol. The average molecular weight is 391 g/mol. The average Bonchev–Trinajstić information content (AvgIpc) is 3.01. The lowest BCUT2D eigenvalue weighted by molar-refractivity contribution is -0.137. The third-order valence-corrected chi connectivity index (χ3v) is 5.26. The molecule has 3 aromatic rings. The number of thiophene rings is 1. The molecule has 0 bridgehead atoms. The summed E-state index contributed by atoms with van der Waals surface area (Å²) in [5.41, 5.74) is -0.851. The monoisotopic (exact) mass is 390 g/mol. The Morgan fingerprint density at radius 2 is 2.08 bits per heavy atom. The van der Waals surface area contributed by atoms with Gasteiger partial charge in [0, 0.05) is 18.5 Å². The molecule has 10 heteroatoms. The van der Waals surface area contributed by atoms with E-state index < -0.39 is 11.7 Å². The number of aromatic nitrogens is 3. The third kappa shape index (κ3) is 3.90. The molecule has 4 nitrogen and oxygen atoms in total. The van der Waals surface area contributed by atoms with Crippen LogP contribution < -0.4 is 5.32 Å². The Labute approximate surface area is 148 Å². The molecule has 3 aromatic heterocycles. The van der Waals surface area contributed by atoms with Gasteiger partial charge in [0.2, 0.25) is 0 Å². The number of nitrogens with one attached hydrogen (secondary N) is 1. The lowest BCUT2D eigenvalue weighted by atomic mass is 10.3. The molecule has 0 atom stereocenters. The SMILES string of the molecule is FC(F)(F)c1cnc(SCCNc2ncnc3sccc23)c(Cl)c1. The van der Waals surface area contributed by atoms with Gasteiger partial charge in [-0.3, -0.25) is 0 Å². The van der Waals surface area contributed by atoms with Crippen molar-refractivity contribution in [1.29, 1.82) is 0 Å². The second kappa shape index (κ2) is 7.12. The summed E-state index contributed by atoms with van der Waals surface area (Å²) >= 11 is 8.68. The van der Waals surface area contributed by atoms with E-state index in [0.29, 0.717) is 17.3 Å². The lowest BCUT2D eigenvalue weighted by Gasteiger charge is -2.09. The van der Waals surface area contributed by atoms with Gasteiger partial charge in [-0.15, -0.1) is 23.1 Å². The van der Waals surface area contributed by atoms with Gasteiger partial charge in [0.1, 0.15) is 22.0 Å². The molecule has 0 radical (unpaired) electrons. The van der Waals surface area contributed by atoms with Gasteiger partial charge >= 0.3 is 6.18 Å². The van der Waals surface area contributed by atoms with Crippen molar-refractivity contribution >= 4 is 50.7 Å². The van der Waals surface area contributed by atoms with Crippen LogP contribution in [-0.2, 0) is 6.18 Å². The predicted octanol–water partition coefficient (Wildman–Crippen LogP) is 4.96. The molecule has 126 valence electrons. The molecule has 3 rings (SSSR count). The Morgan fingerprint density at radius 1 is 1.25 bits per heavy atom. The van der Waals surface area contributed by atoms with Crippen LogP contribution in [0.3, 0.4) is 0 Å². The highest BCUT2D eigenvalue weighted by Gasteiger charge is 2.31. The first-order valence-electron chi connectivity index (χ1n) is 6.73. The van der Waals surface area contributed by atoms with E-state index in [9.17, 15) is 13.2 Å². The van der Waals surface area contributed by atoms with Gasteiger partial charge in [0.25, 0.3) is 0 Å². The number of rotatable bonds is 5. The summed E-state index contributed by atoms with van der Waals surface area (Å²) in [4.78, 5) is 13.0. The fraction of sp³-hybridized carbons (Fsp3) is 0.214. The van der Waals surface area contributed by atoms with Crippen molar-refractivity contribution in [1.82, 2.24) is 15.0 Å². The minimum absolute atomic E-state index is 0.00270. The highest BCUT2D eigenvalue weighted by molar-refractivity contribution is 7.99. The molecule has 24 heavy (non-hydrogen) atoms. The summed E-state index contributed by atoms with van der Waals surface area (Å²) in [5, 5.41) is 6.43. The van der Waals surface area contributed by atoms with Crippen molar-refractivity contribution in [3.05, 3.63) is 40.6 Å². The maximum Gasteiger partial charge on any atom is 0.417 e. The van der Waals surface area contributed by atoms with Crippen LogP contribution in [0.5, 0.6) is 0 Å². The number of hydrogen-bond acceptors (Lipinski definition) is 6. The van der Waals surface area contributed by atoms with Crippen LogP contribution in [0.2, 0.25) is 5.02 Å². The molecule has 0 unspecified atom stereocenters. The van der Waals surface area contributed by atoms with E-state index in [1.807, 2.05) is 11.4 Å². The van der Waals surface area contributed by atoms with E-state index in [1.165, 1.54) is 29.4 Å². The molecule has 0 aromatic carbocycles. The summed E-state index contributed by atoms with van der Waals surface area (Å²) in [6, 6.07) is 2.83. The Morgan fingerprint density at radius 3 is 2.83 bits per heavy atom. The number of hydrogen-bond donors (Lipinski definition) is 1. The third-order valence-electron chi connectivity index (χ3n) is 3.03. The van der Waals surface area contributed by atoms with Gasteiger partial charge in [-0.25, -0.2) is 15.0 Å². The summed E-state index contributed by atoms with van der Waals surface area (Å²) in [5.74, 6) is 1.31. The molecule has 0 aliphatic carbocycles. The fourth-order valence-electron chi connectivity index (χ4n) is 1.93.